The van der Waals surface area contributed by atoms with Crippen LogP contribution in [0.3, 0.4) is 0 Å². The maximum absolute atomic E-state index is 11.5. The van der Waals surface area contributed by atoms with Gasteiger partial charge < -0.3 is 18.0 Å². The molecule has 0 aromatic heterocycles. The third-order valence-corrected chi connectivity index (χ3v) is 5.90. The Morgan fingerprint density at radius 1 is 0.880 bits per heavy atom. The van der Waals surface area contributed by atoms with Crippen LogP contribution in [-0.4, -0.2) is 41.2 Å². The minimum Gasteiger partial charge on any atom is -0.462 e. The molecule has 5 nitrogen and oxygen atoms in total. The number of ether oxygens (including phenoxy) is 1. The first-order chi connectivity index (χ1) is 11.6. The predicted molar refractivity (Wildman–Crippen MR) is 103 cm³/mol. The van der Waals surface area contributed by atoms with Gasteiger partial charge in [-0.05, 0) is 31.1 Å². The minimum atomic E-state index is -2.80. The molecule has 0 aliphatic rings. The van der Waals surface area contributed by atoms with Crippen LogP contribution in [0.15, 0.2) is 12.2 Å². The molecule has 6 heteroatoms. The molecule has 25 heavy (non-hydrogen) atoms. The van der Waals surface area contributed by atoms with Gasteiger partial charge >= 0.3 is 14.8 Å². The molecular weight excluding hydrogens is 336 g/mol. The standard InChI is InChI=1S/C19H38O5Si/c1-15(2)12-22-25(23-13-16(3)4,24-14-17(5)6)11-9-10-21-19(20)18(7)8/h15-17H,7,9-14H2,1-6,8H3. The van der Waals surface area contributed by atoms with E-state index in [0.29, 0.717) is 62.2 Å². The van der Waals surface area contributed by atoms with E-state index in [0.717, 1.165) is 0 Å². The Morgan fingerprint density at radius 3 is 1.60 bits per heavy atom. The van der Waals surface area contributed by atoms with E-state index in [1.165, 1.54) is 0 Å². The molecule has 0 rings (SSSR count). The maximum atomic E-state index is 11.5. The largest absolute Gasteiger partial charge is 0.501 e. The molecule has 0 radical (unpaired) electrons. The van der Waals surface area contributed by atoms with Crippen LogP contribution >= 0.6 is 0 Å². The quantitative estimate of drug-likeness (QED) is 0.194. The second-order valence-corrected chi connectivity index (χ2v) is 10.5. The first-order valence-electron chi connectivity index (χ1n) is 9.32. The van der Waals surface area contributed by atoms with Gasteiger partial charge in [-0.2, -0.15) is 0 Å². The van der Waals surface area contributed by atoms with Gasteiger partial charge in [0, 0.05) is 31.4 Å². The lowest BCUT2D eigenvalue weighted by Gasteiger charge is -2.32. The van der Waals surface area contributed by atoms with Crippen molar-refractivity contribution >= 4 is 14.8 Å². The molecule has 0 bridgehead atoms. The average Bonchev–Trinajstić information content (AvgIpc) is 2.51. The molecule has 0 unspecified atom stereocenters. The Labute approximate surface area is 155 Å². The van der Waals surface area contributed by atoms with Gasteiger partial charge in [0.2, 0.25) is 0 Å². The fourth-order valence-corrected chi connectivity index (χ4v) is 4.82. The zero-order chi connectivity index (χ0) is 19.5. The molecular formula is C19H38O5Si. The highest BCUT2D eigenvalue weighted by Gasteiger charge is 2.41. The van der Waals surface area contributed by atoms with Crippen molar-refractivity contribution in [1.29, 1.82) is 0 Å². The van der Waals surface area contributed by atoms with Crippen molar-refractivity contribution in [2.75, 3.05) is 26.4 Å². The Hall–Kier alpha value is -0.693. The van der Waals surface area contributed by atoms with E-state index in [2.05, 4.69) is 48.1 Å². The molecule has 0 fully saturated rings. The summed E-state index contributed by atoms with van der Waals surface area (Å²) in [5, 5.41) is 0. The normalized spacial score (nSPS) is 12.2. The summed E-state index contributed by atoms with van der Waals surface area (Å²) >= 11 is 0. The van der Waals surface area contributed by atoms with Gasteiger partial charge in [-0.3, -0.25) is 0 Å². The van der Waals surface area contributed by atoms with Crippen LogP contribution in [0.25, 0.3) is 0 Å². The number of rotatable bonds is 14. The van der Waals surface area contributed by atoms with Crippen LogP contribution in [0, 0.1) is 17.8 Å². The lowest BCUT2D eigenvalue weighted by molar-refractivity contribution is -0.139. The van der Waals surface area contributed by atoms with Gasteiger partial charge in [0.15, 0.2) is 0 Å². The molecule has 0 spiro atoms. The molecule has 148 valence electrons. The smallest absolute Gasteiger partial charge is 0.462 e. The summed E-state index contributed by atoms with van der Waals surface area (Å²) in [6.45, 7) is 20.0. The van der Waals surface area contributed by atoms with Crippen LogP contribution in [0.4, 0.5) is 0 Å². The molecule has 0 saturated heterocycles. The summed E-state index contributed by atoms with van der Waals surface area (Å²) in [6, 6.07) is 0.641. The van der Waals surface area contributed by atoms with E-state index >= 15 is 0 Å². The molecule has 0 aliphatic carbocycles. The van der Waals surface area contributed by atoms with Crippen LogP contribution in [0.1, 0.15) is 54.9 Å². The average molecular weight is 375 g/mol. The highest BCUT2D eigenvalue weighted by atomic mass is 28.4. The number of carbonyl (C=O) groups is 1. The van der Waals surface area contributed by atoms with E-state index in [1.54, 1.807) is 6.92 Å². The molecule has 0 N–H and O–H groups in total. The van der Waals surface area contributed by atoms with Gasteiger partial charge in [0.05, 0.1) is 6.61 Å². The fraction of sp³-hybridized carbons (Fsp3) is 0.842. The van der Waals surface area contributed by atoms with Crippen LogP contribution < -0.4 is 0 Å². The Balaban J connectivity index is 4.86. The van der Waals surface area contributed by atoms with E-state index in [1.807, 2.05) is 0 Å². The van der Waals surface area contributed by atoms with Gasteiger partial charge in [-0.15, -0.1) is 0 Å². The molecule has 0 saturated carbocycles. The molecule has 0 atom stereocenters. The van der Waals surface area contributed by atoms with Gasteiger partial charge in [0.25, 0.3) is 0 Å². The van der Waals surface area contributed by atoms with E-state index < -0.39 is 8.80 Å². The topological polar surface area (TPSA) is 54.0 Å². The van der Waals surface area contributed by atoms with Crippen molar-refractivity contribution < 1.29 is 22.8 Å². The zero-order valence-corrected chi connectivity index (χ0v) is 18.2. The third kappa shape index (κ3) is 12.3. The van der Waals surface area contributed by atoms with Crippen molar-refractivity contribution in [3.05, 3.63) is 12.2 Å². The van der Waals surface area contributed by atoms with Crippen molar-refractivity contribution in [1.82, 2.24) is 0 Å². The molecule has 0 heterocycles. The van der Waals surface area contributed by atoms with Crippen LogP contribution in [0.5, 0.6) is 0 Å². The molecule has 0 amide bonds. The third-order valence-electron chi connectivity index (χ3n) is 3.12. The lowest BCUT2D eigenvalue weighted by atomic mass is 10.2. The molecule has 0 aromatic rings. The van der Waals surface area contributed by atoms with Crippen molar-refractivity contribution in [3.8, 4) is 0 Å². The zero-order valence-electron chi connectivity index (χ0n) is 17.2. The number of carbonyl (C=O) groups excluding carboxylic acids is 1. The number of esters is 1. The first-order valence-corrected chi connectivity index (χ1v) is 11.3. The summed E-state index contributed by atoms with van der Waals surface area (Å²) in [5.41, 5.74) is 0.409. The fourth-order valence-electron chi connectivity index (χ4n) is 1.80. The first kappa shape index (κ1) is 24.3. The maximum Gasteiger partial charge on any atom is 0.501 e. The van der Waals surface area contributed by atoms with E-state index in [9.17, 15) is 4.79 Å². The monoisotopic (exact) mass is 374 g/mol. The molecule has 0 aromatic carbocycles. The summed E-state index contributed by atoms with van der Waals surface area (Å²) in [4.78, 5) is 11.5. The van der Waals surface area contributed by atoms with Gasteiger partial charge in [-0.1, -0.05) is 48.1 Å². The minimum absolute atomic E-state index is 0.321. The van der Waals surface area contributed by atoms with Crippen molar-refractivity contribution in [2.24, 2.45) is 17.8 Å². The Morgan fingerprint density at radius 2 is 1.28 bits per heavy atom. The predicted octanol–water partition coefficient (Wildman–Crippen LogP) is 4.45. The second kappa shape index (κ2) is 12.6. The summed E-state index contributed by atoms with van der Waals surface area (Å²) in [5.74, 6) is 0.844. The van der Waals surface area contributed by atoms with Crippen molar-refractivity contribution in [3.63, 3.8) is 0 Å². The number of hydrogen-bond acceptors (Lipinski definition) is 5. The van der Waals surface area contributed by atoms with Gasteiger partial charge in [0.1, 0.15) is 0 Å². The van der Waals surface area contributed by atoms with Crippen LogP contribution in [-0.2, 0) is 22.8 Å². The second-order valence-electron chi connectivity index (χ2n) is 7.82. The molecule has 0 aliphatic heterocycles. The summed E-state index contributed by atoms with van der Waals surface area (Å²) in [7, 11) is -2.80. The Kier molecular flexibility index (Phi) is 12.3. The Bertz CT molecular complexity index is 362. The highest BCUT2D eigenvalue weighted by molar-refractivity contribution is 6.60. The number of hydrogen-bond donors (Lipinski definition) is 0. The van der Waals surface area contributed by atoms with E-state index in [4.69, 9.17) is 18.0 Å². The van der Waals surface area contributed by atoms with E-state index in [-0.39, 0.29) is 5.97 Å². The SMILES string of the molecule is C=C(C)C(=O)OCCC[Si](OCC(C)C)(OCC(C)C)OCC(C)C. The van der Waals surface area contributed by atoms with Crippen LogP contribution in [0.2, 0.25) is 6.04 Å². The summed E-state index contributed by atoms with van der Waals surface area (Å²) in [6.07, 6.45) is 0.652. The van der Waals surface area contributed by atoms with Gasteiger partial charge in [-0.25, -0.2) is 4.79 Å². The summed E-state index contributed by atoms with van der Waals surface area (Å²) < 4.78 is 23.7. The van der Waals surface area contributed by atoms with Crippen molar-refractivity contribution in [2.45, 2.75) is 60.9 Å². The lowest BCUT2D eigenvalue weighted by Crippen LogP contribution is -2.48. The highest BCUT2D eigenvalue weighted by Crippen LogP contribution is 2.22.